The summed E-state index contributed by atoms with van der Waals surface area (Å²) in [5.41, 5.74) is 1.23. The molecule has 1 saturated heterocycles. The number of carboxylic acid groups (broad SMARTS) is 1. The van der Waals surface area contributed by atoms with Gasteiger partial charge in [0.2, 0.25) is 0 Å². The summed E-state index contributed by atoms with van der Waals surface area (Å²) in [6.45, 7) is 2.29. The van der Waals surface area contributed by atoms with Gasteiger partial charge >= 0.3 is 5.97 Å². The third-order valence-corrected chi connectivity index (χ3v) is 3.56. The van der Waals surface area contributed by atoms with Crippen molar-refractivity contribution in [3.63, 3.8) is 0 Å². The molecule has 1 aliphatic rings. The molecule has 1 aliphatic heterocycles. The molecule has 1 atom stereocenters. The summed E-state index contributed by atoms with van der Waals surface area (Å²) in [4.78, 5) is 24.6. The van der Waals surface area contributed by atoms with Gasteiger partial charge in [0, 0.05) is 38.4 Å². The van der Waals surface area contributed by atoms with E-state index in [0.717, 1.165) is 13.1 Å². The van der Waals surface area contributed by atoms with Crippen LogP contribution in [0.4, 0.5) is 0 Å². The van der Waals surface area contributed by atoms with E-state index in [2.05, 4.69) is 17.0 Å². The Hall–Kier alpha value is -1.68. The Kier molecular flexibility index (Phi) is 4.68. The fraction of sp³-hybridized carbons (Fsp3) is 0.467. The fourth-order valence-corrected chi connectivity index (χ4v) is 2.51. The van der Waals surface area contributed by atoms with Crippen molar-refractivity contribution in [2.45, 2.75) is 25.8 Å². The summed E-state index contributed by atoms with van der Waals surface area (Å²) in [6.07, 6.45) is 1.08. The summed E-state index contributed by atoms with van der Waals surface area (Å²) in [6, 6.07) is 10.1. The standard InChI is InChI=1S/C15H19NO3/c17-14-8-9-16(10-12-4-2-1-3-5-12)11-13(14)6-7-15(18)19/h1-5,13H,6-11H2,(H,18,19)/t13-/m1/s1. The summed E-state index contributed by atoms with van der Waals surface area (Å²) in [5, 5.41) is 8.71. The largest absolute Gasteiger partial charge is 0.481 e. The summed E-state index contributed by atoms with van der Waals surface area (Å²) < 4.78 is 0. The molecule has 1 aromatic rings. The first-order valence-corrected chi connectivity index (χ1v) is 6.66. The number of carbonyl (C=O) groups excluding carboxylic acids is 1. The number of carboxylic acids is 1. The molecule has 19 heavy (non-hydrogen) atoms. The Morgan fingerprint density at radius 3 is 2.74 bits per heavy atom. The lowest BCUT2D eigenvalue weighted by Crippen LogP contribution is -2.40. The number of carbonyl (C=O) groups is 2. The number of benzene rings is 1. The van der Waals surface area contributed by atoms with E-state index in [-0.39, 0.29) is 18.1 Å². The Labute approximate surface area is 113 Å². The highest BCUT2D eigenvalue weighted by molar-refractivity contribution is 5.82. The third-order valence-electron chi connectivity index (χ3n) is 3.56. The van der Waals surface area contributed by atoms with Crippen LogP contribution in [0.3, 0.4) is 0 Å². The van der Waals surface area contributed by atoms with Crippen molar-refractivity contribution in [3.05, 3.63) is 35.9 Å². The molecule has 0 amide bonds. The van der Waals surface area contributed by atoms with Crippen LogP contribution >= 0.6 is 0 Å². The highest BCUT2D eigenvalue weighted by atomic mass is 16.4. The summed E-state index contributed by atoms with van der Waals surface area (Å²) >= 11 is 0. The average molecular weight is 261 g/mol. The van der Waals surface area contributed by atoms with Gasteiger partial charge in [-0.3, -0.25) is 14.5 Å². The Bertz CT molecular complexity index is 444. The Morgan fingerprint density at radius 2 is 2.05 bits per heavy atom. The number of rotatable bonds is 5. The van der Waals surface area contributed by atoms with E-state index in [1.807, 2.05) is 18.2 Å². The molecule has 4 heteroatoms. The highest BCUT2D eigenvalue weighted by Gasteiger charge is 2.27. The van der Waals surface area contributed by atoms with Crippen molar-refractivity contribution in [3.8, 4) is 0 Å². The number of nitrogens with zero attached hydrogens (tertiary/aromatic N) is 1. The highest BCUT2D eigenvalue weighted by Crippen LogP contribution is 2.19. The molecular weight excluding hydrogens is 242 g/mol. The molecule has 4 nitrogen and oxygen atoms in total. The molecule has 102 valence electrons. The first-order valence-electron chi connectivity index (χ1n) is 6.66. The topological polar surface area (TPSA) is 57.6 Å². The predicted molar refractivity (Wildman–Crippen MR) is 71.7 cm³/mol. The molecule has 1 heterocycles. The van der Waals surface area contributed by atoms with Crippen molar-refractivity contribution in [2.24, 2.45) is 5.92 Å². The van der Waals surface area contributed by atoms with Gasteiger partial charge < -0.3 is 5.11 Å². The molecule has 1 fully saturated rings. The maximum atomic E-state index is 11.8. The van der Waals surface area contributed by atoms with Crippen LogP contribution in [-0.4, -0.2) is 34.8 Å². The quantitative estimate of drug-likeness (QED) is 0.880. The van der Waals surface area contributed by atoms with E-state index in [9.17, 15) is 9.59 Å². The molecule has 0 aromatic heterocycles. The minimum absolute atomic E-state index is 0.0790. The maximum Gasteiger partial charge on any atom is 0.303 e. The Balaban J connectivity index is 1.89. The number of aliphatic carboxylic acids is 1. The van der Waals surface area contributed by atoms with E-state index in [0.29, 0.717) is 19.4 Å². The molecule has 0 spiro atoms. The van der Waals surface area contributed by atoms with Gasteiger partial charge in [-0.05, 0) is 12.0 Å². The van der Waals surface area contributed by atoms with Crippen molar-refractivity contribution in [1.82, 2.24) is 4.90 Å². The summed E-state index contributed by atoms with van der Waals surface area (Å²) in [5.74, 6) is -0.730. The minimum atomic E-state index is -0.826. The molecule has 1 N–H and O–H groups in total. The molecule has 0 radical (unpaired) electrons. The molecule has 0 unspecified atom stereocenters. The van der Waals surface area contributed by atoms with Gasteiger partial charge in [0.25, 0.3) is 0 Å². The lowest BCUT2D eigenvalue weighted by atomic mass is 9.92. The van der Waals surface area contributed by atoms with Gasteiger partial charge in [-0.1, -0.05) is 30.3 Å². The second-order valence-corrected chi connectivity index (χ2v) is 5.07. The van der Waals surface area contributed by atoms with Gasteiger partial charge in [0.1, 0.15) is 5.78 Å². The fourth-order valence-electron chi connectivity index (χ4n) is 2.51. The van der Waals surface area contributed by atoms with Crippen LogP contribution in [-0.2, 0) is 16.1 Å². The molecule has 2 rings (SSSR count). The lowest BCUT2D eigenvalue weighted by molar-refractivity contribution is -0.137. The third kappa shape index (κ3) is 4.17. The van der Waals surface area contributed by atoms with Crippen molar-refractivity contribution in [2.75, 3.05) is 13.1 Å². The maximum absolute atomic E-state index is 11.8. The van der Waals surface area contributed by atoms with Gasteiger partial charge in [-0.25, -0.2) is 0 Å². The smallest absolute Gasteiger partial charge is 0.303 e. The second-order valence-electron chi connectivity index (χ2n) is 5.07. The number of Topliss-reactive ketones (excluding diaryl/α,β-unsaturated/α-hetero) is 1. The summed E-state index contributed by atoms with van der Waals surface area (Å²) in [7, 11) is 0. The van der Waals surface area contributed by atoms with Crippen LogP contribution in [0.15, 0.2) is 30.3 Å². The van der Waals surface area contributed by atoms with Crippen molar-refractivity contribution >= 4 is 11.8 Å². The number of hydrogen-bond donors (Lipinski definition) is 1. The number of ketones is 1. The van der Waals surface area contributed by atoms with Crippen LogP contribution in [0, 0.1) is 5.92 Å². The first-order chi connectivity index (χ1) is 9.15. The van der Waals surface area contributed by atoms with Gasteiger partial charge in [0.05, 0.1) is 0 Å². The van der Waals surface area contributed by atoms with Crippen molar-refractivity contribution < 1.29 is 14.7 Å². The van der Waals surface area contributed by atoms with Crippen LogP contribution < -0.4 is 0 Å². The van der Waals surface area contributed by atoms with E-state index < -0.39 is 5.97 Å². The van der Waals surface area contributed by atoms with Crippen LogP contribution in [0.1, 0.15) is 24.8 Å². The zero-order valence-corrected chi connectivity index (χ0v) is 10.9. The Morgan fingerprint density at radius 1 is 1.32 bits per heavy atom. The molecule has 0 saturated carbocycles. The van der Waals surface area contributed by atoms with Gasteiger partial charge in [-0.15, -0.1) is 0 Å². The first kappa shape index (κ1) is 13.7. The average Bonchev–Trinajstić information content (AvgIpc) is 2.40. The van der Waals surface area contributed by atoms with Crippen molar-refractivity contribution in [1.29, 1.82) is 0 Å². The normalized spacial score (nSPS) is 20.4. The van der Waals surface area contributed by atoms with E-state index >= 15 is 0 Å². The molecule has 0 aliphatic carbocycles. The second kappa shape index (κ2) is 6.48. The molecule has 0 bridgehead atoms. The lowest BCUT2D eigenvalue weighted by Gasteiger charge is -2.31. The van der Waals surface area contributed by atoms with Gasteiger partial charge in [-0.2, -0.15) is 0 Å². The number of likely N-dealkylation sites (tertiary alicyclic amines) is 1. The molecule has 1 aromatic carbocycles. The van der Waals surface area contributed by atoms with Crippen LogP contribution in [0.2, 0.25) is 0 Å². The predicted octanol–water partition coefficient (Wildman–Crippen LogP) is 1.94. The molecular formula is C15H19NO3. The zero-order valence-electron chi connectivity index (χ0n) is 10.9. The SMILES string of the molecule is O=C(O)CC[C@@H]1CN(Cc2ccccc2)CCC1=O. The van der Waals surface area contributed by atoms with Crippen LogP contribution in [0.25, 0.3) is 0 Å². The van der Waals surface area contributed by atoms with E-state index in [4.69, 9.17) is 5.11 Å². The minimum Gasteiger partial charge on any atom is -0.481 e. The number of hydrogen-bond acceptors (Lipinski definition) is 3. The van der Waals surface area contributed by atoms with E-state index in [1.165, 1.54) is 5.56 Å². The monoisotopic (exact) mass is 261 g/mol. The zero-order chi connectivity index (χ0) is 13.7. The number of piperidine rings is 1. The van der Waals surface area contributed by atoms with Crippen LogP contribution in [0.5, 0.6) is 0 Å². The van der Waals surface area contributed by atoms with Gasteiger partial charge in [0.15, 0.2) is 0 Å². The van der Waals surface area contributed by atoms with E-state index in [1.54, 1.807) is 0 Å².